The van der Waals surface area contributed by atoms with Crippen LogP contribution < -0.4 is 4.90 Å². The van der Waals surface area contributed by atoms with E-state index in [0.29, 0.717) is 37.8 Å². The van der Waals surface area contributed by atoms with E-state index >= 15 is 0 Å². The van der Waals surface area contributed by atoms with Crippen LogP contribution >= 0.6 is 0 Å². The molecule has 120 valence electrons. The molecule has 1 amide bonds. The molecular weight excluding hydrogens is 308 g/mol. The molecule has 2 fully saturated rings. The fourth-order valence-electron chi connectivity index (χ4n) is 2.78. The maximum absolute atomic E-state index is 11.7. The molecule has 0 spiro atoms. The van der Waals surface area contributed by atoms with Gasteiger partial charge in [-0.2, -0.15) is 0 Å². The van der Waals surface area contributed by atoms with Gasteiger partial charge < -0.3 is 4.74 Å². The van der Waals surface area contributed by atoms with Crippen LogP contribution in [0.2, 0.25) is 0 Å². The van der Waals surface area contributed by atoms with Crippen LogP contribution in [0.1, 0.15) is 24.5 Å². The zero-order chi connectivity index (χ0) is 15.7. The van der Waals surface area contributed by atoms with Gasteiger partial charge in [-0.3, -0.25) is 9.88 Å². The van der Waals surface area contributed by atoms with Crippen LogP contribution in [0.15, 0.2) is 12.4 Å². The molecule has 22 heavy (non-hydrogen) atoms. The van der Waals surface area contributed by atoms with Crippen molar-refractivity contribution in [2.45, 2.75) is 18.8 Å². The van der Waals surface area contributed by atoms with Crippen molar-refractivity contribution in [3.63, 3.8) is 0 Å². The highest BCUT2D eigenvalue weighted by Crippen LogP contribution is 2.28. The minimum atomic E-state index is -3.20. The summed E-state index contributed by atoms with van der Waals surface area (Å²) in [6.45, 7) is 1.75. The zero-order valence-corrected chi connectivity index (χ0v) is 13.1. The van der Waals surface area contributed by atoms with Crippen LogP contribution in [-0.2, 0) is 14.8 Å². The molecule has 0 bridgehead atoms. The Morgan fingerprint density at radius 1 is 1.32 bits per heavy atom. The second-order valence-corrected chi connectivity index (χ2v) is 7.51. The Kier molecular flexibility index (Phi) is 4.00. The van der Waals surface area contributed by atoms with Gasteiger partial charge >= 0.3 is 6.09 Å². The van der Waals surface area contributed by atoms with Crippen LogP contribution in [0.25, 0.3) is 0 Å². The molecule has 3 heterocycles. The Morgan fingerprint density at radius 3 is 2.82 bits per heavy atom. The quantitative estimate of drug-likeness (QED) is 0.806. The largest absolute Gasteiger partial charge is 0.447 e. The fourth-order valence-corrected chi connectivity index (χ4v) is 3.70. The first kappa shape index (κ1) is 15.2. The maximum atomic E-state index is 11.7. The van der Waals surface area contributed by atoms with Gasteiger partial charge in [-0.15, -0.1) is 0 Å². The molecule has 0 radical (unpaired) electrons. The topological polar surface area (TPSA) is 92.7 Å². The second-order valence-electron chi connectivity index (χ2n) is 5.53. The van der Waals surface area contributed by atoms with Gasteiger partial charge in [-0.25, -0.2) is 22.5 Å². The van der Waals surface area contributed by atoms with Crippen molar-refractivity contribution < 1.29 is 17.9 Å². The van der Waals surface area contributed by atoms with Gasteiger partial charge in [-0.1, -0.05) is 0 Å². The van der Waals surface area contributed by atoms with Crippen LogP contribution in [0.3, 0.4) is 0 Å². The van der Waals surface area contributed by atoms with Crippen molar-refractivity contribution in [3.8, 4) is 0 Å². The van der Waals surface area contributed by atoms with Crippen molar-refractivity contribution in [1.82, 2.24) is 14.3 Å². The third-order valence-corrected chi connectivity index (χ3v) is 5.22. The van der Waals surface area contributed by atoms with Crippen LogP contribution in [0, 0.1) is 0 Å². The molecule has 3 rings (SSSR count). The number of ether oxygens (including phenoxy) is 1. The van der Waals surface area contributed by atoms with Gasteiger partial charge in [0, 0.05) is 25.2 Å². The van der Waals surface area contributed by atoms with E-state index in [9.17, 15) is 13.2 Å². The van der Waals surface area contributed by atoms with E-state index in [0.717, 1.165) is 12.8 Å². The van der Waals surface area contributed by atoms with Crippen molar-refractivity contribution in [2.24, 2.45) is 0 Å². The fraction of sp³-hybridized carbons (Fsp3) is 0.615. The van der Waals surface area contributed by atoms with E-state index in [1.165, 1.54) is 21.7 Å². The highest BCUT2D eigenvalue weighted by atomic mass is 32.2. The summed E-state index contributed by atoms with van der Waals surface area (Å²) in [5.74, 6) is 0.450. The van der Waals surface area contributed by atoms with Crippen molar-refractivity contribution in [1.29, 1.82) is 0 Å². The van der Waals surface area contributed by atoms with Gasteiger partial charge in [0.2, 0.25) is 10.0 Å². The van der Waals surface area contributed by atoms with E-state index < -0.39 is 16.1 Å². The number of hydrogen-bond acceptors (Lipinski definition) is 6. The molecule has 0 aromatic carbocycles. The highest BCUT2D eigenvalue weighted by Gasteiger charge is 2.29. The zero-order valence-electron chi connectivity index (χ0n) is 12.3. The molecule has 2 saturated heterocycles. The smallest absolute Gasteiger partial charge is 0.415 e. The van der Waals surface area contributed by atoms with Crippen molar-refractivity contribution >= 4 is 21.9 Å². The number of aromatic nitrogens is 2. The summed E-state index contributed by atoms with van der Waals surface area (Å²) in [7, 11) is -3.20. The molecular formula is C13H18N4O4S. The third kappa shape index (κ3) is 3.05. The lowest BCUT2D eigenvalue weighted by molar-refractivity contribution is 0.181. The van der Waals surface area contributed by atoms with Gasteiger partial charge in [0.1, 0.15) is 6.61 Å². The predicted octanol–water partition coefficient (Wildman–Crippen LogP) is 0.572. The predicted molar refractivity (Wildman–Crippen MR) is 79.1 cm³/mol. The summed E-state index contributed by atoms with van der Waals surface area (Å²) in [5.41, 5.74) is 0.713. The first-order valence-corrected chi connectivity index (χ1v) is 9.01. The number of rotatable bonds is 3. The number of piperidine rings is 1. The molecule has 1 atom stereocenters. The molecule has 8 nitrogen and oxygen atoms in total. The minimum Gasteiger partial charge on any atom is -0.447 e. The Morgan fingerprint density at radius 2 is 2.14 bits per heavy atom. The van der Waals surface area contributed by atoms with Crippen LogP contribution in [0.5, 0.6) is 0 Å². The number of carbonyl (C=O) groups excluding carboxylic acids is 1. The Bertz CT molecular complexity index is 678. The number of hydrogen-bond donors (Lipinski definition) is 0. The number of anilines is 1. The maximum Gasteiger partial charge on any atom is 0.415 e. The molecule has 1 aromatic rings. The Balaban J connectivity index is 1.81. The van der Waals surface area contributed by atoms with Gasteiger partial charge in [-0.05, 0) is 12.8 Å². The van der Waals surface area contributed by atoms with Gasteiger partial charge in [0.25, 0.3) is 0 Å². The molecule has 1 unspecified atom stereocenters. The standard InChI is InChI=1S/C13H18N4O4S/c1-22(19,20)16-4-2-3-10(9-16)11-7-14-8-12(15-11)17-5-6-21-13(17)18/h7-8,10H,2-6,9H2,1H3. The summed E-state index contributed by atoms with van der Waals surface area (Å²) in [4.78, 5) is 21.7. The van der Waals surface area contributed by atoms with Crippen LogP contribution in [0.4, 0.5) is 10.6 Å². The minimum absolute atomic E-state index is 0.00505. The van der Waals surface area contributed by atoms with E-state index in [2.05, 4.69) is 9.97 Å². The molecule has 9 heteroatoms. The third-order valence-electron chi connectivity index (χ3n) is 3.95. The summed E-state index contributed by atoms with van der Waals surface area (Å²) >= 11 is 0. The van der Waals surface area contributed by atoms with E-state index in [4.69, 9.17) is 4.74 Å². The molecule has 0 saturated carbocycles. The average molecular weight is 326 g/mol. The summed E-state index contributed by atoms with van der Waals surface area (Å²) in [6, 6.07) is 0. The molecule has 0 N–H and O–H groups in total. The summed E-state index contributed by atoms with van der Waals surface area (Å²) in [6.07, 6.45) is 5.60. The SMILES string of the molecule is CS(=O)(=O)N1CCCC(c2cncc(N3CCOC3=O)n2)C1. The lowest BCUT2D eigenvalue weighted by Crippen LogP contribution is -2.38. The first-order valence-electron chi connectivity index (χ1n) is 7.16. The van der Waals surface area contributed by atoms with Gasteiger partial charge in [0.15, 0.2) is 5.82 Å². The van der Waals surface area contributed by atoms with E-state index in [1.54, 1.807) is 6.20 Å². The molecule has 0 aliphatic carbocycles. The average Bonchev–Trinajstić information content (AvgIpc) is 2.93. The van der Waals surface area contributed by atoms with Gasteiger partial charge in [0.05, 0.1) is 24.7 Å². The van der Waals surface area contributed by atoms with Crippen molar-refractivity contribution in [2.75, 3.05) is 37.4 Å². The monoisotopic (exact) mass is 326 g/mol. The van der Waals surface area contributed by atoms with Crippen molar-refractivity contribution in [3.05, 3.63) is 18.1 Å². The van der Waals surface area contributed by atoms with Crippen LogP contribution in [-0.4, -0.2) is 61.3 Å². The number of sulfonamides is 1. The second kappa shape index (κ2) is 5.81. The first-order chi connectivity index (χ1) is 10.4. The number of nitrogens with zero attached hydrogens (tertiary/aromatic N) is 4. The molecule has 2 aliphatic heterocycles. The Hall–Kier alpha value is -1.74. The lowest BCUT2D eigenvalue weighted by Gasteiger charge is -2.30. The molecule has 2 aliphatic rings. The number of cyclic esters (lactones) is 1. The highest BCUT2D eigenvalue weighted by molar-refractivity contribution is 7.88. The number of amides is 1. The normalized spacial score (nSPS) is 23.6. The summed E-state index contributed by atoms with van der Waals surface area (Å²) < 4.78 is 29.8. The van der Waals surface area contributed by atoms with E-state index in [1.807, 2.05) is 0 Å². The number of carbonyl (C=O) groups is 1. The summed E-state index contributed by atoms with van der Waals surface area (Å²) in [5, 5.41) is 0. The molecule has 1 aromatic heterocycles. The van der Waals surface area contributed by atoms with E-state index in [-0.39, 0.29) is 5.92 Å². The lowest BCUT2D eigenvalue weighted by atomic mass is 9.96. The Labute approximate surface area is 129 Å².